The summed E-state index contributed by atoms with van der Waals surface area (Å²) >= 11 is 7.72. The van der Waals surface area contributed by atoms with Crippen LogP contribution in [0.4, 0.5) is 5.69 Å². The summed E-state index contributed by atoms with van der Waals surface area (Å²) in [5, 5.41) is 4.19. The van der Waals surface area contributed by atoms with Crippen LogP contribution in [0.5, 0.6) is 0 Å². The first-order valence-corrected chi connectivity index (χ1v) is 9.78. The minimum atomic E-state index is -0.256. The number of halogens is 1. The number of ether oxygens (including phenoxy) is 1. The Hall–Kier alpha value is -2.41. The number of anilines is 1. The molecule has 0 bridgehead atoms. The van der Waals surface area contributed by atoms with Crippen molar-refractivity contribution in [2.24, 2.45) is 0 Å². The van der Waals surface area contributed by atoms with Crippen LogP contribution in [0.1, 0.15) is 20.0 Å². The highest BCUT2D eigenvalue weighted by atomic mass is 35.5. The standard InChI is InChI=1S/C20H17ClN2O3S/c21-17-15-3-1-2-4-16(15)27-18(17)19(24)22-14-7-5-13(6-8-14)20(25)23-9-11-26-12-10-23/h1-8H,9-12H2,(H,22,24). The molecular formula is C20H17ClN2O3S. The molecule has 0 atom stereocenters. The molecule has 0 saturated carbocycles. The predicted molar refractivity (Wildman–Crippen MR) is 108 cm³/mol. The van der Waals surface area contributed by atoms with Gasteiger partial charge in [0, 0.05) is 34.4 Å². The average Bonchev–Trinajstić information content (AvgIpc) is 3.06. The third-order valence-electron chi connectivity index (χ3n) is 4.43. The minimum Gasteiger partial charge on any atom is -0.378 e. The van der Waals surface area contributed by atoms with Crippen LogP contribution in [0.2, 0.25) is 5.02 Å². The predicted octanol–water partition coefficient (Wildman–Crippen LogP) is 4.28. The Kier molecular flexibility index (Phi) is 5.11. The number of morpholine rings is 1. The summed E-state index contributed by atoms with van der Waals surface area (Å²) in [7, 11) is 0. The maximum absolute atomic E-state index is 12.6. The molecule has 2 amide bonds. The lowest BCUT2D eigenvalue weighted by Crippen LogP contribution is -2.40. The van der Waals surface area contributed by atoms with Gasteiger partial charge < -0.3 is 15.0 Å². The second-order valence-corrected chi connectivity index (χ2v) is 7.61. The number of hydrogen-bond acceptors (Lipinski definition) is 4. The van der Waals surface area contributed by atoms with Crippen molar-refractivity contribution in [1.82, 2.24) is 4.90 Å². The zero-order valence-corrected chi connectivity index (χ0v) is 16.0. The Balaban J connectivity index is 1.48. The van der Waals surface area contributed by atoms with Crippen molar-refractivity contribution in [3.05, 3.63) is 64.0 Å². The van der Waals surface area contributed by atoms with Gasteiger partial charge in [0.15, 0.2) is 0 Å². The average molecular weight is 401 g/mol. The van der Waals surface area contributed by atoms with Crippen LogP contribution < -0.4 is 5.32 Å². The van der Waals surface area contributed by atoms with Crippen molar-refractivity contribution in [3.8, 4) is 0 Å². The molecule has 3 aromatic rings. The lowest BCUT2D eigenvalue weighted by Gasteiger charge is -2.26. The SMILES string of the molecule is O=C(Nc1ccc(C(=O)N2CCOCC2)cc1)c1sc2ccccc2c1Cl. The van der Waals surface area contributed by atoms with Crippen molar-refractivity contribution < 1.29 is 14.3 Å². The molecule has 0 radical (unpaired) electrons. The molecule has 1 N–H and O–H groups in total. The van der Waals surface area contributed by atoms with E-state index in [0.29, 0.717) is 47.5 Å². The van der Waals surface area contributed by atoms with Crippen LogP contribution in [0.25, 0.3) is 10.1 Å². The number of rotatable bonds is 3. The monoisotopic (exact) mass is 400 g/mol. The first-order chi connectivity index (χ1) is 13.1. The molecule has 1 fully saturated rings. The molecule has 0 aliphatic carbocycles. The van der Waals surface area contributed by atoms with Gasteiger partial charge in [0.05, 0.1) is 18.2 Å². The summed E-state index contributed by atoms with van der Waals surface area (Å²) in [4.78, 5) is 27.3. The molecule has 2 aromatic carbocycles. The Labute approximate surface area is 165 Å². The lowest BCUT2D eigenvalue weighted by molar-refractivity contribution is 0.0303. The van der Waals surface area contributed by atoms with Crippen molar-refractivity contribution in [2.75, 3.05) is 31.6 Å². The van der Waals surface area contributed by atoms with E-state index in [-0.39, 0.29) is 11.8 Å². The van der Waals surface area contributed by atoms with Crippen molar-refractivity contribution in [1.29, 1.82) is 0 Å². The first-order valence-electron chi connectivity index (χ1n) is 8.59. The van der Waals surface area contributed by atoms with Crippen molar-refractivity contribution in [2.45, 2.75) is 0 Å². The fourth-order valence-electron chi connectivity index (χ4n) is 2.99. The van der Waals surface area contributed by atoms with Gasteiger partial charge in [-0.3, -0.25) is 9.59 Å². The van der Waals surface area contributed by atoms with Gasteiger partial charge in [-0.05, 0) is 30.3 Å². The summed E-state index contributed by atoms with van der Waals surface area (Å²) in [6, 6.07) is 14.6. The number of nitrogens with one attached hydrogen (secondary N) is 1. The number of amides is 2. The summed E-state index contributed by atoms with van der Waals surface area (Å²) in [5.74, 6) is -0.280. The third-order valence-corrected chi connectivity index (χ3v) is 6.10. The van der Waals surface area contributed by atoms with Gasteiger partial charge in [-0.25, -0.2) is 0 Å². The summed E-state index contributed by atoms with van der Waals surface area (Å²) in [6.45, 7) is 2.33. The molecule has 138 valence electrons. The quantitative estimate of drug-likeness (QED) is 0.713. The van der Waals surface area contributed by atoms with Crippen LogP contribution >= 0.6 is 22.9 Å². The molecule has 1 saturated heterocycles. The number of thiophene rings is 1. The highest BCUT2D eigenvalue weighted by molar-refractivity contribution is 7.21. The summed E-state index contributed by atoms with van der Waals surface area (Å²) in [6.07, 6.45) is 0. The zero-order chi connectivity index (χ0) is 18.8. The molecule has 2 heterocycles. The van der Waals surface area contributed by atoms with E-state index in [1.54, 1.807) is 29.2 Å². The van der Waals surface area contributed by atoms with Gasteiger partial charge in [-0.1, -0.05) is 29.8 Å². The largest absolute Gasteiger partial charge is 0.378 e. The van der Waals surface area contributed by atoms with E-state index in [4.69, 9.17) is 16.3 Å². The molecule has 1 aliphatic heterocycles. The van der Waals surface area contributed by atoms with E-state index >= 15 is 0 Å². The van der Waals surface area contributed by atoms with Gasteiger partial charge in [-0.2, -0.15) is 0 Å². The molecule has 5 nitrogen and oxygen atoms in total. The van der Waals surface area contributed by atoms with Gasteiger partial charge >= 0.3 is 0 Å². The number of hydrogen-bond donors (Lipinski definition) is 1. The zero-order valence-electron chi connectivity index (χ0n) is 14.4. The molecule has 4 rings (SSSR count). The molecule has 1 aliphatic rings. The van der Waals surface area contributed by atoms with Gasteiger partial charge in [0.25, 0.3) is 11.8 Å². The van der Waals surface area contributed by atoms with E-state index in [9.17, 15) is 9.59 Å². The fraction of sp³-hybridized carbons (Fsp3) is 0.200. The van der Waals surface area contributed by atoms with Crippen LogP contribution in [0.3, 0.4) is 0 Å². The second kappa shape index (κ2) is 7.68. The van der Waals surface area contributed by atoms with E-state index < -0.39 is 0 Å². The van der Waals surface area contributed by atoms with Crippen LogP contribution in [0.15, 0.2) is 48.5 Å². The van der Waals surface area contributed by atoms with E-state index in [1.165, 1.54) is 11.3 Å². The Morgan fingerprint density at radius 1 is 1.04 bits per heavy atom. The second-order valence-electron chi connectivity index (χ2n) is 6.18. The number of benzene rings is 2. The van der Waals surface area contributed by atoms with Crippen molar-refractivity contribution in [3.63, 3.8) is 0 Å². The Morgan fingerprint density at radius 3 is 2.44 bits per heavy atom. The maximum atomic E-state index is 12.6. The molecule has 27 heavy (non-hydrogen) atoms. The van der Waals surface area contributed by atoms with Crippen LogP contribution in [-0.2, 0) is 4.74 Å². The summed E-state index contributed by atoms with van der Waals surface area (Å²) < 4.78 is 6.24. The van der Waals surface area contributed by atoms with Gasteiger partial charge in [-0.15, -0.1) is 11.3 Å². The maximum Gasteiger partial charge on any atom is 0.267 e. The van der Waals surface area contributed by atoms with Crippen molar-refractivity contribution >= 4 is 50.5 Å². The van der Waals surface area contributed by atoms with E-state index in [1.807, 2.05) is 24.3 Å². The number of fused-ring (bicyclic) bond motifs is 1. The fourth-order valence-corrected chi connectivity index (χ4v) is 4.41. The molecule has 0 unspecified atom stereocenters. The van der Waals surface area contributed by atoms with Gasteiger partial charge in [0.2, 0.25) is 0 Å². The highest BCUT2D eigenvalue weighted by Gasteiger charge is 2.19. The number of carbonyl (C=O) groups is 2. The number of carbonyl (C=O) groups excluding carboxylic acids is 2. The Morgan fingerprint density at radius 2 is 1.74 bits per heavy atom. The smallest absolute Gasteiger partial charge is 0.267 e. The van der Waals surface area contributed by atoms with E-state index in [0.717, 1.165) is 10.1 Å². The van der Waals surface area contributed by atoms with Gasteiger partial charge in [0.1, 0.15) is 4.88 Å². The molecular weight excluding hydrogens is 384 g/mol. The Bertz CT molecular complexity index is 994. The van der Waals surface area contributed by atoms with E-state index in [2.05, 4.69) is 5.32 Å². The molecule has 7 heteroatoms. The first kappa shape index (κ1) is 18.0. The topological polar surface area (TPSA) is 58.6 Å². The molecule has 1 aromatic heterocycles. The lowest BCUT2D eigenvalue weighted by atomic mass is 10.1. The summed E-state index contributed by atoms with van der Waals surface area (Å²) in [5.41, 5.74) is 1.21. The third kappa shape index (κ3) is 3.69. The number of nitrogens with zero attached hydrogens (tertiary/aromatic N) is 1. The van der Waals surface area contributed by atoms with Crippen LogP contribution in [0, 0.1) is 0 Å². The minimum absolute atomic E-state index is 0.0243. The molecule has 0 spiro atoms. The normalized spacial score (nSPS) is 14.3. The van der Waals surface area contributed by atoms with Crippen LogP contribution in [-0.4, -0.2) is 43.0 Å². The highest BCUT2D eigenvalue weighted by Crippen LogP contribution is 2.35.